The van der Waals surface area contributed by atoms with E-state index in [4.69, 9.17) is 15.3 Å². The highest BCUT2D eigenvalue weighted by atomic mass is 16.8. The van der Waals surface area contributed by atoms with Crippen molar-refractivity contribution in [3.63, 3.8) is 0 Å². The van der Waals surface area contributed by atoms with Crippen molar-refractivity contribution < 1.29 is 14.5 Å². The number of allylic oxidation sites excluding steroid dienone is 1. The molecule has 0 bridgehead atoms. The molecule has 1 aliphatic rings. The van der Waals surface area contributed by atoms with Crippen molar-refractivity contribution in [2.24, 2.45) is 10.9 Å². The van der Waals surface area contributed by atoms with Crippen molar-refractivity contribution in [1.29, 1.82) is 15.8 Å². The number of oxime groups is 1. The van der Waals surface area contributed by atoms with Crippen molar-refractivity contribution in [1.82, 2.24) is 0 Å². The van der Waals surface area contributed by atoms with Crippen LogP contribution < -0.4 is 5.73 Å². The molecule has 2 rings (SSSR count). The van der Waals surface area contributed by atoms with Crippen LogP contribution in [0.4, 0.5) is 5.69 Å². The predicted octanol–water partition coefficient (Wildman–Crippen LogP) is 2.23. The van der Waals surface area contributed by atoms with E-state index in [0.717, 1.165) is 6.07 Å². The Morgan fingerprint density at radius 2 is 2.00 bits per heavy atom. The minimum atomic E-state index is -2.10. The number of rotatable bonds is 4. The fourth-order valence-electron chi connectivity index (χ4n) is 2.38. The molecule has 2 N–H and O–H groups in total. The van der Waals surface area contributed by atoms with Gasteiger partial charge in [0.25, 0.3) is 5.69 Å². The summed E-state index contributed by atoms with van der Waals surface area (Å²) >= 11 is 0. The molecule has 0 fully saturated rings. The van der Waals surface area contributed by atoms with Crippen LogP contribution in [0.2, 0.25) is 0 Å². The van der Waals surface area contributed by atoms with E-state index in [9.17, 15) is 25.9 Å². The first kappa shape index (κ1) is 19.0. The Balaban J connectivity index is 2.89. The molecule has 0 amide bonds. The summed E-state index contributed by atoms with van der Waals surface area (Å²) in [5, 5.41) is 43.0. The largest absolute Gasteiger partial charge is 0.426 e. The number of non-ortho nitro benzene ring substituents is 1. The van der Waals surface area contributed by atoms with Crippen LogP contribution in [0.25, 0.3) is 0 Å². The van der Waals surface area contributed by atoms with Gasteiger partial charge in [0.2, 0.25) is 5.88 Å². The summed E-state index contributed by atoms with van der Waals surface area (Å²) in [7, 11) is 0. The van der Waals surface area contributed by atoms with Gasteiger partial charge in [-0.15, -0.1) is 0 Å². The average molecular weight is 364 g/mol. The molecular weight excluding hydrogens is 352 g/mol. The standard InChI is InChI=1S/C17H12N6O4/c1-10(2)22-27-17(12-4-3-5-13(6-12)23(24)25)15(11(7-18)8-19)14(9-20)16(21)26-17/h3-6H,21H2,1-2H3. The summed E-state index contributed by atoms with van der Waals surface area (Å²) in [6.45, 7) is 3.22. The molecule has 0 radical (unpaired) electrons. The first-order valence-electron chi connectivity index (χ1n) is 7.39. The van der Waals surface area contributed by atoms with E-state index in [1.54, 1.807) is 32.1 Å². The van der Waals surface area contributed by atoms with E-state index in [2.05, 4.69) is 5.16 Å². The Kier molecular flexibility index (Phi) is 5.10. The molecule has 0 aromatic heterocycles. The van der Waals surface area contributed by atoms with E-state index in [1.807, 2.05) is 0 Å². The lowest BCUT2D eigenvalue weighted by molar-refractivity contribution is -0.385. The van der Waals surface area contributed by atoms with Gasteiger partial charge in [-0.1, -0.05) is 17.3 Å². The van der Waals surface area contributed by atoms with Gasteiger partial charge in [-0.05, 0) is 13.8 Å². The third-order valence-electron chi connectivity index (χ3n) is 3.46. The van der Waals surface area contributed by atoms with Gasteiger partial charge in [-0.2, -0.15) is 15.8 Å². The average Bonchev–Trinajstić information content (AvgIpc) is 2.94. The Hall–Kier alpha value is -4.36. The topological polar surface area (TPSA) is 171 Å². The Bertz CT molecular complexity index is 1010. The molecule has 134 valence electrons. The van der Waals surface area contributed by atoms with E-state index < -0.39 is 22.2 Å². The summed E-state index contributed by atoms with van der Waals surface area (Å²) in [4.78, 5) is 16.0. The number of benzene rings is 1. The van der Waals surface area contributed by atoms with Gasteiger partial charge in [0, 0.05) is 12.1 Å². The SMILES string of the molecule is CC(C)=NOC1(c2cccc([N+](=O)[O-])c2)OC(N)=C(C#N)C1=C(C#N)C#N. The maximum atomic E-state index is 11.1. The van der Waals surface area contributed by atoms with Gasteiger partial charge in [-0.25, -0.2) is 0 Å². The Labute approximate surface area is 153 Å². The van der Waals surface area contributed by atoms with Crippen LogP contribution in [-0.4, -0.2) is 10.6 Å². The van der Waals surface area contributed by atoms with E-state index in [-0.39, 0.29) is 22.4 Å². The molecule has 1 aromatic rings. The second-order valence-corrected chi connectivity index (χ2v) is 5.48. The number of nitro groups is 1. The maximum absolute atomic E-state index is 11.1. The molecule has 0 saturated carbocycles. The molecule has 0 saturated heterocycles. The number of ether oxygens (including phenoxy) is 1. The summed E-state index contributed by atoms with van der Waals surface area (Å²) in [5.74, 6) is -2.50. The van der Waals surface area contributed by atoms with Crippen LogP contribution in [0.3, 0.4) is 0 Å². The quantitative estimate of drug-likeness (QED) is 0.366. The lowest BCUT2D eigenvalue weighted by atomic mass is 9.90. The van der Waals surface area contributed by atoms with Gasteiger partial charge in [0.15, 0.2) is 0 Å². The second-order valence-electron chi connectivity index (χ2n) is 5.48. The van der Waals surface area contributed by atoms with Crippen molar-refractivity contribution in [2.75, 3.05) is 0 Å². The molecule has 1 unspecified atom stereocenters. The van der Waals surface area contributed by atoms with Gasteiger partial charge in [-0.3, -0.25) is 10.1 Å². The summed E-state index contributed by atoms with van der Waals surface area (Å²) < 4.78 is 5.54. The molecule has 1 heterocycles. The molecule has 0 spiro atoms. The zero-order valence-corrected chi connectivity index (χ0v) is 14.3. The minimum absolute atomic E-state index is 0.0351. The summed E-state index contributed by atoms with van der Waals surface area (Å²) in [6.07, 6.45) is 0. The molecule has 0 aliphatic carbocycles. The smallest absolute Gasteiger partial charge is 0.334 e. The Morgan fingerprint density at radius 3 is 2.52 bits per heavy atom. The molecule has 10 nitrogen and oxygen atoms in total. The lowest BCUT2D eigenvalue weighted by Crippen LogP contribution is -2.32. The lowest BCUT2D eigenvalue weighted by Gasteiger charge is -2.28. The van der Waals surface area contributed by atoms with Crippen LogP contribution in [0.5, 0.6) is 0 Å². The monoisotopic (exact) mass is 364 g/mol. The Morgan fingerprint density at radius 1 is 1.33 bits per heavy atom. The summed E-state index contributed by atoms with van der Waals surface area (Å²) in [6, 6.07) is 10.2. The van der Waals surface area contributed by atoms with Crippen LogP contribution in [-0.2, 0) is 15.4 Å². The van der Waals surface area contributed by atoms with E-state index >= 15 is 0 Å². The van der Waals surface area contributed by atoms with Crippen LogP contribution >= 0.6 is 0 Å². The van der Waals surface area contributed by atoms with Crippen LogP contribution in [0.1, 0.15) is 19.4 Å². The molecule has 27 heavy (non-hydrogen) atoms. The maximum Gasteiger partial charge on any atom is 0.334 e. The highest BCUT2D eigenvalue weighted by Crippen LogP contribution is 2.48. The molecule has 1 aliphatic heterocycles. The van der Waals surface area contributed by atoms with Gasteiger partial charge < -0.3 is 15.3 Å². The van der Waals surface area contributed by atoms with Crippen LogP contribution in [0, 0.1) is 44.1 Å². The second kappa shape index (κ2) is 7.26. The molecular formula is C17H12N6O4. The molecule has 1 atom stereocenters. The predicted molar refractivity (Wildman–Crippen MR) is 90.8 cm³/mol. The number of hydrogen-bond acceptors (Lipinski definition) is 9. The summed E-state index contributed by atoms with van der Waals surface area (Å²) in [5.41, 5.74) is 4.90. The molecule has 10 heteroatoms. The van der Waals surface area contributed by atoms with Gasteiger partial charge in [0.1, 0.15) is 29.4 Å². The van der Waals surface area contributed by atoms with Crippen molar-refractivity contribution in [3.8, 4) is 18.2 Å². The number of nitro benzene ring substituents is 1. The van der Waals surface area contributed by atoms with Crippen molar-refractivity contribution in [3.05, 3.63) is 62.5 Å². The first-order chi connectivity index (χ1) is 12.8. The van der Waals surface area contributed by atoms with Gasteiger partial charge >= 0.3 is 5.79 Å². The third kappa shape index (κ3) is 3.26. The number of nitrogens with zero attached hydrogens (tertiary/aromatic N) is 5. The highest BCUT2D eigenvalue weighted by molar-refractivity contribution is 5.78. The number of nitrogens with two attached hydrogens (primary N) is 1. The highest BCUT2D eigenvalue weighted by Gasteiger charge is 2.53. The van der Waals surface area contributed by atoms with Gasteiger partial charge in [0.05, 0.1) is 21.8 Å². The van der Waals surface area contributed by atoms with Crippen LogP contribution in [0.15, 0.2) is 52.0 Å². The number of hydrogen-bond donors (Lipinski definition) is 1. The van der Waals surface area contributed by atoms with Crippen molar-refractivity contribution >= 4 is 11.4 Å². The normalized spacial score (nSPS) is 17.8. The third-order valence-corrected chi connectivity index (χ3v) is 3.46. The number of nitriles is 3. The van der Waals surface area contributed by atoms with Crippen molar-refractivity contribution in [2.45, 2.75) is 19.6 Å². The van der Waals surface area contributed by atoms with E-state index in [1.165, 1.54) is 18.2 Å². The fourth-order valence-corrected chi connectivity index (χ4v) is 2.38. The first-order valence-corrected chi connectivity index (χ1v) is 7.39. The zero-order chi connectivity index (χ0) is 20.2. The fraction of sp³-hybridized carbons (Fsp3) is 0.176. The minimum Gasteiger partial charge on any atom is -0.426 e. The van der Waals surface area contributed by atoms with E-state index in [0.29, 0.717) is 5.71 Å². The zero-order valence-electron chi connectivity index (χ0n) is 14.3. The molecule has 1 aromatic carbocycles.